The summed E-state index contributed by atoms with van der Waals surface area (Å²) in [5.74, 6) is 1.51. The molecule has 0 amide bonds. The van der Waals surface area contributed by atoms with E-state index in [2.05, 4.69) is 225 Å². The average Bonchev–Trinajstić information content (AvgIpc) is 4.04. The van der Waals surface area contributed by atoms with E-state index in [-0.39, 0.29) is 0 Å². The highest BCUT2D eigenvalue weighted by atomic mass is 16.5. The predicted molar refractivity (Wildman–Crippen MR) is 273 cm³/mol. The number of ether oxygens (including phenoxy) is 1. The van der Waals surface area contributed by atoms with Crippen LogP contribution in [0.1, 0.15) is 0 Å². The molecule has 0 N–H and O–H groups in total. The van der Waals surface area contributed by atoms with Gasteiger partial charge in [0.25, 0.3) is 0 Å². The van der Waals surface area contributed by atoms with Gasteiger partial charge in [0, 0.05) is 67.5 Å². The maximum Gasteiger partial charge on any atom is 0.162 e. The quantitative estimate of drug-likeness (QED) is 0.167. The Morgan fingerprint density at radius 2 is 0.924 bits per heavy atom. The molecular weight excluding hydrogens is 807 g/mol. The molecule has 5 heterocycles. The molecule has 0 saturated carbocycles. The molecule has 1 aliphatic heterocycles. The van der Waals surface area contributed by atoms with E-state index < -0.39 is 0 Å². The Morgan fingerprint density at radius 1 is 0.379 bits per heavy atom. The Labute approximate surface area is 380 Å². The van der Waals surface area contributed by atoms with E-state index in [1.54, 1.807) is 0 Å². The van der Waals surface area contributed by atoms with Crippen molar-refractivity contribution in [2.75, 3.05) is 16.5 Å². The third-order valence-electron chi connectivity index (χ3n) is 13.6. The molecule has 4 aromatic heterocycles. The van der Waals surface area contributed by atoms with Crippen LogP contribution in [0, 0.1) is 0 Å². The minimum Gasteiger partial charge on any atom is -0.457 e. The van der Waals surface area contributed by atoms with Gasteiger partial charge in [-0.3, -0.25) is 4.40 Å². The van der Waals surface area contributed by atoms with Crippen LogP contribution in [-0.4, -0.2) is 20.5 Å². The summed E-state index contributed by atoms with van der Waals surface area (Å²) in [6.07, 6.45) is 1.90. The molecule has 9 aromatic carbocycles. The zero-order valence-electron chi connectivity index (χ0n) is 35.7. The molecule has 0 atom stereocenters. The van der Waals surface area contributed by atoms with Crippen molar-refractivity contribution in [2.45, 2.75) is 0 Å². The summed E-state index contributed by atoms with van der Waals surface area (Å²) in [4.78, 5) is 10.0. The SMILES string of the molecule is c1ccc(-c2cccc(-c3ccccc3)c2N2CN(c3cccc(Oc4ccc5c6cccc7c8cccc9c%10ccccc%10n(c%10cccnc%10n(c5c4)c67)c98)c3)c3ccccc32)cc1. The Balaban J connectivity index is 0.907. The number of anilines is 4. The van der Waals surface area contributed by atoms with Crippen LogP contribution in [0.3, 0.4) is 0 Å². The van der Waals surface area contributed by atoms with Gasteiger partial charge in [0.2, 0.25) is 0 Å². The van der Waals surface area contributed by atoms with Gasteiger partial charge >= 0.3 is 0 Å². The molecule has 1 aliphatic rings. The number of nitrogens with zero attached hydrogens (tertiary/aromatic N) is 5. The minimum absolute atomic E-state index is 0.624. The van der Waals surface area contributed by atoms with E-state index in [0.717, 1.165) is 61.7 Å². The molecule has 0 radical (unpaired) electrons. The largest absolute Gasteiger partial charge is 0.457 e. The molecule has 6 nitrogen and oxygen atoms in total. The van der Waals surface area contributed by atoms with Crippen molar-refractivity contribution in [1.29, 1.82) is 0 Å². The average molecular weight is 846 g/mol. The molecule has 0 aliphatic carbocycles. The second-order valence-corrected chi connectivity index (χ2v) is 17.1. The topological polar surface area (TPSA) is 37.4 Å². The zero-order chi connectivity index (χ0) is 43.3. The van der Waals surface area contributed by atoms with Gasteiger partial charge in [-0.2, -0.15) is 0 Å². The molecule has 0 unspecified atom stereocenters. The summed E-state index contributed by atoms with van der Waals surface area (Å²) >= 11 is 0. The maximum atomic E-state index is 6.90. The summed E-state index contributed by atoms with van der Waals surface area (Å²) in [7, 11) is 0. The van der Waals surface area contributed by atoms with Gasteiger partial charge in [-0.25, -0.2) is 4.98 Å². The van der Waals surface area contributed by atoms with Crippen LogP contribution in [0.5, 0.6) is 11.5 Å². The van der Waals surface area contributed by atoms with Crippen LogP contribution < -0.4 is 14.5 Å². The molecule has 0 fully saturated rings. The number of para-hydroxylation sites is 6. The first kappa shape index (κ1) is 36.6. The van der Waals surface area contributed by atoms with Crippen LogP contribution in [-0.2, 0) is 0 Å². The number of hydrogen-bond donors (Lipinski definition) is 0. The molecule has 66 heavy (non-hydrogen) atoms. The van der Waals surface area contributed by atoms with E-state index in [0.29, 0.717) is 6.67 Å². The minimum atomic E-state index is 0.624. The van der Waals surface area contributed by atoms with Crippen LogP contribution in [0.2, 0.25) is 0 Å². The second kappa shape index (κ2) is 14.3. The third kappa shape index (κ3) is 5.39. The van der Waals surface area contributed by atoms with Crippen molar-refractivity contribution in [3.05, 3.63) is 225 Å². The van der Waals surface area contributed by atoms with Crippen molar-refractivity contribution in [3.63, 3.8) is 0 Å². The Hall–Kier alpha value is -8.87. The van der Waals surface area contributed by atoms with Crippen LogP contribution in [0.4, 0.5) is 22.7 Å². The number of rotatable bonds is 6. The molecule has 14 rings (SSSR count). The summed E-state index contributed by atoms with van der Waals surface area (Å²) in [5, 5.41) is 7.15. The van der Waals surface area contributed by atoms with Crippen molar-refractivity contribution < 1.29 is 4.74 Å². The maximum absolute atomic E-state index is 6.90. The molecule has 6 heteroatoms. The Morgan fingerprint density at radius 3 is 1.65 bits per heavy atom. The number of fused-ring (bicyclic) bond motifs is 11. The number of hydrogen-bond acceptors (Lipinski definition) is 4. The smallest absolute Gasteiger partial charge is 0.162 e. The summed E-state index contributed by atoms with van der Waals surface area (Å²) < 4.78 is 11.7. The fourth-order valence-electron chi connectivity index (χ4n) is 10.8. The Kier molecular flexibility index (Phi) is 7.94. The lowest BCUT2D eigenvalue weighted by atomic mass is 9.95. The van der Waals surface area contributed by atoms with E-state index >= 15 is 0 Å². The second-order valence-electron chi connectivity index (χ2n) is 17.1. The summed E-state index contributed by atoms with van der Waals surface area (Å²) in [6.45, 7) is 0.624. The number of pyridine rings is 1. The molecular formula is C60H39N5O. The van der Waals surface area contributed by atoms with E-state index in [1.165, 1.54) is 60.4 Å². The predicted octanol–water partition coefficient (Wildman–Crippen LogP) is 15.7. The number of aromatic nitrogens is 3. The van der Waals surface area contributed by atoms with Gasteiger partial charge in [0.1, 0.15) is 18.2 Å². The standard InChI is InChI=1S/C60H39N5O/c1-3-16-39(17-4-1)44-23-12-24-45(40-18-5-2-6-19-40)57(44)63-38-62(53-30-9-10-31-54(53)63)41-20-11-21-42(36-41)66-43-33-34-47-49-26-14-28-51-50-27-13-25-48-46-22-7-8-29-52(46)64(58(48)50)55-32-15-35-61-60(55)65(59(49)51)56(47)37-43/h1-37H,38H2. The van der Waals surface area contributed by atoms with E-state index in [4.69, 9.17) is 9.72 Å². The van der Waals surface area contributed by atoms with Gasteiger partial charge in [0.15, 0.2) is 5.65 Å². The first-order chi connectivity index (χ1) is 32.8. The highest BCUT2D eigenvalue weighted by molar-refractivity contribution is 6.25. The normalized spacial score (nSPS) is 12.7. The molecule has 0 saturated heterocycles. The van der Waals surface area contributed by atoms with Gasteiger partial charge in [-0.1, -0.05) is 152 Å². The molecule has 0 spiro atoms. The first-order valence-corrected chi connectivity index (χ1v) is 22.5. The van der Waals surface area contributed by atoms with Crippen molar-refractivity contribution >= 4 is 88.3 Å². The van der Waals surface area contributed by atoms with Gasteiger partial charge in [-0.05, 0) is 65.7 Å². The van der Waals surface area contributed by atoms with E-state index in [9.17, 15) is 0 Å². The molecule has 310 valence electrons. The zero-order valence-corrected chi connectivity index (χ0v) is 35.7. The van der Waals surface area contributed by atoms with E-state index in [1.807, 2.05) is 18.3 Å². The van der Waals surface area contributed by atoms with Crippen molar-refractivity contribution in [1.82, 2.24) is 13.8 Å². The highest BCUT2D eigenvalue weighted by Gasteiger charge is 2.31. The lowest BCUT2D eigenvalue weighted by Gasteiger charge is -2.27. The first-order valence-electron chi connectivity index (χ1n) is 22.5. The van der Waals surface area contributed by atoms with Gasteiger partial charge in [-0.15, -0.1) is 0 Å². The highest BCUT2D eigenvalue weighted by Crippen LogP contribution is 2.50. The van der Waals surface area contributed by atoms with Crippen LogP contribution in [0.15, 0.2) is 225 Å². The lowest BCUT2D eigenvalue weighted by molar-refractivity contribution is 0.483. The monoisotopic (exact) mass is 845 g/mol. The van der Waals surface area contributed by atoms with Gasteiger partial charge in [0.05, 0.1) is 44.6 Å². The number of benzene rings is 9. The van der Waals surface area contributed by atoms with Gasteiger partial charge < -0.3 is 18.9 Å². The van der Waals surface area contributed by atoms with Crippen molar-refractivity contribution in [3.8, 4) is 33.8 Å². The lowest BCUT2D eigenvalue weighted by Crippen LogP contribution is -2.24. The third-order valence-corrected chi connectivity index (χ3v) is 13.6. The fraction of sp³-hybridized carbons (Fsp3) is 0.0167. The summed E-state index contributed by atoms with van der Waals surface area (Å²) in [6, 6.07) is 78.1. The molecule has 0 bridgehead atoms. The van der Waals surface area contributed by atoms with Crippen LogP contribution in [0.25, 0.3) is 87.8 Å². The van der Waals surface area contributed by atoms with Crippen LogP contribution >= 0.6 is 0 Å². The Bertz CT molecular complexity index is 4020. The molecule has 13 aromatic rings. The summed E-state index contributed by atoms with van der Waals surface area (Å²) in [5.41, 5.74) is 15.7. The fourth-order valence-corrected chi connectivity index (χ4v) is 10.8. The van der Waals surface area contributed by atoms with Crippen molar-refractivity contribution in [2.24, 2.45) is 0 Å².